The van der Waals surface area contributed by atoms with Crippen LogP contribution < -0.4 is 5.32 Å². The maximum Gasteiger partial charge on any atom is 0.129 e. The molecule has 3 aromatic rings. The molecule has 0 radical (unpaired) electrons. The van der Waals surface area contributed by atoms with Crippen LogP contribution in [0.25, 0.3) is 0 Å². The number of aromatic hydroxyl groups is 1. The van der Waals surface area contributed by atoms with Crippen LogP contribution in [0, 0.1) is 5.82 Å². The second-order valence-corrected chi connectivity index (χ2v) is 8.67. The fourth-order valence-corrected chi connectivity index (χ4v) is 4.26. The molecule has 0 unspecified atom stereocenters. The molecular formula is C24H21BrClFN2O. The van der Waals surface area contributed by atoms with E-state index in [1.54, 1.807) is 30.3 Å². The highest BCUT2D eigenvalue weighted by Gasteiger charge is 2.29. The molecule has 1 aliphatic rings. The first-order valence-corrected chi connectivity index (χ1v) is 11.0. The first-order valence-electron chi connectivity index (χ1n) is 9.80. The Labute approximate surface area is 188 Å². The summed E-state index contributed by atoms with van der Waals surface area (Å²) in [5.41, 5.74) is 4.19. The minimum Gasteiger partial charge on any atom is -0.508 e. The van der Waals surface area contributed by atoms with Crippen molar-refractivity contribution in [3.63, 3.8) is 0 Å². The molecule has 0 fully saturated rings. The van der Waals surface area contributed by atoms with Crippen LogP contribution in [0.1, 0.15) is 47.8 Å². The molecular weight excluding hydrogens is 467 g/mol. The van der Waals surface area contributed by atoms with E-state index in [1.165, 1.54) is 11.6 Å². The Morgan fingerprint density at radius 3 is 2.60 bits per heavy atom. The van der Waals surface area contributed by atoms with E-state index in [2.05, 4.69) is 40.3 Å². The Morgan fingerprint density at radius 2 is 1.87 bits per heavy atom. The average molecular weight is 488 g/mol. The summed E-state index contributed by atoms with van der Waals surface area (Å²) in [5.74, 6) is -0.191. The van der Waals surface area contributed by atoms with Crippen molar-refractivity contribution in [1.82, 2.24) is 5.32 Å². The molecule has 4 rings (SSSR count). The lowest BCUT2D eigenvalue weighted by atomic mass is 9.93. The van der Waals surface area contributed by atoms with Crippen molar-refractivity contribution >= 4 is 33.2 Å². The van der Waals surface area contributed by atoms with E-state index in [4.69, 9.17) is 16.6 Å². The van der Waals surface area contributed by atoms with E-state index in [0.717, 1.165) is 22.2 Å². The molecule has 0 aromatic heterocycles. The third-order valence-electron chi connectivity index (χ3n) is 5.35. The Kier molecular flexibility index (Phi) is 6.23. The smallest absolute Gasteiger partial charge is 0.129 e. The number of rotatable bonds is 4. The molecule has 6 heteroatoms. The van der Waals surface area contributed by atoms with Gasteiger partial charge in [-0.3, -0.25) is 10.3 Å². The van der Waals surface area contributed by atoms with E-state index in [1.807, 2.05) is 12.1 Å². The number of halogens is 3. The number of phenols is 1. The van der Waals surface area contributed by atoms with Gasteiger partial charge in [-0.2, -0.15) is 0 Å². The minimum atomic E-state index is -0.597. The molecule has 30 heavy (non-hydrogen) atoms. The zero-order valence-corrected chi connectivity index (χ0v) is 18.7. The topological polar surface area (TPSA) is 44.6 Å². The highest BCUT2D eigenvalue weighted by Crippen LogP contribution is 2.36. The lowest BCUT2D eigenvalue weighted by Gasteiger charge is -2.31. The van der Waals surface area contributed by atoms with Gasteiger partial charge in [0.05, 0.1) is 0 Å². The lowest BCUT2D eigenvalue weighted by molar-refractivity contribution is 0.405. The second kappa shape index (κ2) is 8.88. The van der Waals surface area contributed by atoms with Gasteiger partial charge < -0.3 is 5.11 Å². The van der Waals surface area contributed by atoms with Gasteiger partial charge in [-0.25, -0.2) is 4.39 Å². The van der Waals surface area contributed by atoms with Crippen LogP contribution in [0.3, 0.4) is 0 Å². The van der Waals surface area contributed by atoms with Crippen LogP contribution >= 0.6 is 27.5 Å². The summed E-state index contributed by atoms with van der Waals surface area (Å²) in [6.07, 6.45) is 0.908. The summed E-state index contributed by atoms with van der Waals surface area (Å²) < 4.78 is 15.4. The predicted molar refractivity (Wildman–Crippen MR) is 123 cm³/mol. The van der Waals surface area contributed by atoms with Crippen LogP contribution in [0.2, 0.25) is 5.02 Å². The molecule has 0 saturated carbocycles. The molecule has 3 nitrogen and oxygen atoms in total. The fourth-order valence-electron chi connectivity index (χ4n) is 3.70. The summed E-state index contributed by atoms with van der Waals surface area (Å²) >= 11 is 9.61. The van der Waals surface area contributed by atoms with Crippen LogP contribution in [0.15, 0.2) is 70.1 Å². The lowest BCUT2D eigenvalue weighted by Crippen LogP contribution is -2.33. The van der Waals surface area contributed by atoms with Crippen molar-refractivity contribution in [3.8, 4) is 5.75 Å². The van der Waals surface area contributed by atoms with Gasteiger partial charge in [-0.1, -0.05) is 58.7 Å². The molecule has 154 valence electrons. The Balaban J connectivity index is 1.79. The molecule has 0 spiro atoms. The number of hydrogen-bond acceptors (Lipinski definition) is 3. The van der Waals surface area contributed by atoms with Gasteiger partial charge in [0.25, 0.3) is 0 Å². The molecule has 3 aromatic carbocycles. The summed E-state index contributed by atoms with van der Waals surface area (Å²) in [4.78, 5) is 4.84. The number of aryl methyl sites for hydroxylation is 1. The number of nitrogens with one attached hydrogen (secondary N) is 1. The highest BCUT2D eigenvalue weighted by molar-refractivity contribution is 9.10. The van der Waals surface area contributed by atoms with Gasteiger partial charge in [-0.15, -0.1) is 0 Å². The largest absolute Gasteiger partial charge is 0.508 e. The zero-order valence-electron chi connectivity index (χ0n) is 16.4. The maximum atomic E-state index is 14.7. The van der Waals surface area contributed by atoms with Gasteiger partial charge in [-0.05, 0) is 53.9 Å². The van der Waals surface area contributed by atoms with Gasteiger partial charge in [0, 0.05) is 38.8 Å². The normalized spacial score (nSPS) is 18.9. The molecule has 1 heterocycles. The molecule has 1 aliphatic heterocycles. The van der Waals surface area contributed by atoms with Gasteiger partial charge >= 0.3 is 0 Å². The Hall–Kier alpha value is -2.21. The third kappa shape index (κ3) is 4.43. The van der Waals surface area contributed by atoms with E-state index in [0.29, 0.717) is 22.6 Å². The molecule has 0 aliphatic carbocycles. The van der Waals surface area contributed by atoms with Crippen LogP contribution in [-0.4, -0.2) is 10.8 Å². The van der Waals surface area contributed by atoms with Crippen LogP contribution in [-0.2, 0) is 6.42 Å². The molecule has 0 amide bonds. The van der Waals surface area contributed by atoms with Crippen LogP contribution in [0.4, 0.5) is 4.39 Å². The average Bonchev–Trinajstić information content (AvgIpc) is 2.77. The molecule has 0 saturated heterocycles. The Bertz CT molecular complexity index is 1100. The number of phenolic OH excluding ortho intramolecular Hbond substituents is 1. The maximum absolute atomic E-state index is 14.7. The number of aliphatic imine (C=N–C) groups is 1. The van der Waals surface area contributed by atoms with Crippen molar-refractivity contribution in [1.29, 1.82) is 0 Å². The molecule has 2 N–H and O–H groups in total. The first-order chi connectivity index (χ1) is 14.4. The van der Waals surface area contributed by atoms with Gasteiger partial charge in [0.2, 0.25) is 0 Å². The number of benzene rings is 3. The summed E-state index contributed by atoms with van der Waals surface area (Å²) in [7, 11) is 0. The zero-order chi connectivity index (χ0) is 21.3. The van der Waals surface area contributed by atoms with Crippen molar-refractivity contribution in [3.05, 3.63) is 98.2 Å². The predicted octanol–water partition coefficient (Wildman–Crippen LogP) is 6.73. The van der Waals surface area contributed by atoms with Gasteiger partial charge in [0.1, 0.15) is 17.7 Å². The first kappa shape index (κ1) is 21.0. The van der Waals surface area contributed by atoms with Crippen molar-refractivity contribution in [2.24, 2.45) is 4.99 Å². The summed E-state index contributed by atoms with van der Waals surface area (Å²) in [6.45, 7) is 2.11. The molecule has 2 atom stereocenters. The van der Waals surface area contributed by atoms with E-state index in [-0.39, 0.29) is 17.6 Å². The second-order valence-electron chi connectivity index (χ2n) is 7.32. The van der Waals surface area contributed by atoms with E-state index >= 15 is 0 Å². The number of hydrogen-bond donors (Lipinski definition) is 2. The minimum absolute atomic E-state index is 0.146. The SMILES string of the molecule is CCc1ccc(C2=N[C@H](c3cc(Br)ccc3F)N[C@H](c3cc(Cl)ccc3O)C2)cc1. The standard InChI is InChI=1S/C24H21BrClFN2O/c1-2-14-3-5-15(6-4-14)21-13-22(19-12-17(26)8-10-23(19)30)29-24(28-21)18-11-16(25)7-9-20(18)27/h3-12,22,24,29-30H,2,13H2,1H3/t22-,24-/m0/s1. The fraction of sp³-hybridized carbons (Fsp3) is 0.208. The number of nitrogens with zero attached hydrogens (tertiary/aromatic N) is 1. The quantitative estimate of drug-likeness (QED) is 0.428. The monoisotopic (exact) mass is 486 g/mol. The van der Waals surface area contributed by atoms with Crippen molar-refractivity contribution in [2.45, 2.75) is 32.0 Å². The van der Waals surface area contributed by atoms with Crippen LogP contribution in [0.5, 0.6) is 5.75 Å². The van der Waals surface area contributed by atoms with E-state index < -0.39 is 6.17 Å². The molecule has 0 bridgehead atoms. The third-order valence-corrected chi connectivity index (χ3v) is 6.08. The Morgan fingerprint density at radius 1 is 1.10 bits per heavy atom. The van der Waals surface area contributed by atoms with Crippen molar-refractivity contribution in [2.75, 3.05) is 0 Å². The van der Waals surface area contributed by atoms with Gasteiger partial charge in [0.15, 0.2) is 0 Å². The highest BCUT2D eigenvalue weighted by atomic mass is 79.9. The van der Waals surface area contributed by atoms with Crippen molar-refractivity contribution < 1.29 is 9.50 Å². The summed E-state index contributed by atoms with van der Waals surface area (Å²) in [5, 5.41) is 14.4. The van der Waals surface area contributed by atoms with E-state index in [9.17, 15) is 9.50 Å². The summed E-state index contributed by atoms with van der Waals surface area (Å²) in [6, 6.07) is 17.8.